The Kier molecular flexibility index (Phi) is 3.72. The zero-order valence-corrected chi connectivity index (χ0v) is 13.8. The zero-order chi connectivity index (χ0) is 16.6. The average Bonchev–Trinajstić information content (AvgIpc) is 2.74. The number of carbonyl (C=O) groups is 1. The van der Waals surface area contributed by atoms with Gasteiger partial charge in [-0.1, -0.05) is 50.8 Å². The fourth-order valence-electron chi connectivity index (χ4n) is 2.98. The number of allylic oxidation sites excluding steroid dienone is 1. The number of hydrogen-bond donors (Lipinski definition) is 0. The molecule has 0 amide bonds. The van der Waals surface area contributed by atoms with Crippen LogP contribution in [0.2, 0.25) is 0 Å². The van der Waals surface area contributed by atoms with Gasteiger partial charge in [0.1, 0.15) is 6.61 Å². The topological polar surface area (TPSA) is 29.5 Å². The van der Waals surface area contributed by atoms with Crippen LogP contribution in [0.4, 0.5) is 5.69 Å². The number of likely N-dealkylation sites (N-methyl/N-ethyl adjacent to an activating group) is 1. The number of carbonyl (C=O) groups excluding carboxylic acids is 1. The van der Waals surface area contributed by atoms with E-state index >= 15 is 0 Å². The van der Waals surface area contributed by atoms with Gasteiger partial charge in [-0.25, -0.2) is 4.79 Å². The Bertz CT molecular complexity index is 762. The maximum absolute atomic E-state index is 12.3. The van der Waals surface area contributed by atoms with Crippen LogP contribution in [0.3, 0.4) is 0 Å². The highest BCUT2D eigenvalue weighted by atomic mass is 16.5. The van der Waals surface area contributed by atoms with E-state index in [0.29, 0.717) is 5.56 Å². The number of esters is 1. The summed E-state index contributed by atoms with van der Waals surface area (Å²) in [5.74, 6) is -0.299. The first-order chi connectivity index (χ1) is 10.9. The molecule has 0 saturated heterocycles. The van der Waals surface area contributed by atoms with Crippen molar-refractivity contribution in [2.45, 2.75) is 25.9 Å². The van der Waals surface area contributed by atoms with E-state index in [2.05, 4.69) is 25.3 Å². The summed E-state index contributed by atoms with van der Waals surface area (Å²) < 4.78 is 5.42. The van der Waals surface area contributed by atoms with E-state index in [1.54, 1.807) is 0 Å². The Balaban J connectivity index is 1.81. The van der Waals surface area contributed by atoms with E-state index in [4.69, 9.17) is 4.74 Å². The van der Waals surface area contributed by atoms with Crippen molar-refractivity contribution in [3.63, 3.8) is 0 Å². The van der Waals surface area contributed by atoms with Crippen LogP contribution in [0.5, 0.6) is 0 Å². The van der Waals surface area contributed by atoms with Crippen LogP contribution >= 0.6 is 0 Å². The average molecular weight is 307 g/mol. The molecule has 0 fully saturated rings. The SMILES string of the molecule is C=C1N(C)c2ccc(C(=O)OCc3ccccc3)cc2C1(C)C. The van der Waals surface area contributed by atoms with E-state index in [1.807, 2.05) is 55.6 Å². The highest BCUT2D eigenvalue weighted by Gasteiger charge is 2.37. The van der Waals surface area contributed by atoms with Crippen LogP contribution in [-0.2, 0) is 16.8 Å². The van der Waals surface area contributed by atoms with E-state index in [1.165, 1.54) is 0 Å². The summed E-state index contributed by atoms with van der Waals surface area (Å²) in [6, 6.07) is 15.4. The second kappa shape index (κ2) is 5.58. The lowest BCUT2D eigenvalue weighted by molar-refractivity contribution is 0.0472. The van der Waals surface area contributed by atoms with Gasteiger partial charge in [-0.2, -0.15) is 0 Å². The molecule has 1 aliphatic rings. The Morgan fingerprint density at radius 3 is 2.57 bits per heavy atom. The third-order valence-corrected chi connectivity index (χ3v) is 4.61. The van der Waals surface area contributed by atoms with Crippen molar-refractivity contribution in [3.05, 3.63) is 77.5 Å². The van der Waals surface area contributed by atoms with Crippen LogP contribution in [0.25, 0.3) is 0 Å². The first-order valence-corrected chi connectivity index (χ1v) is 7.70. The second-order valence-corrected chi connectivity index (χ2v) is 6.42. The number of nitrogens with zero attached hydrogens (tertiary/aromatic N) is 1. The normalized spacial score (nSPS) is 15.4. The molecule has 1 aliphatic heterocycles. The molecule has 0 radical (unpaired) electrons. The van der Waals surface area contributed by atoms with Gasteiger partial charge in [0.25, 0.3) is 0 Å². The third-order valence-electron chi connectivity index (χ3n) is 4.61. The summed E-state index contributed by atoms with van der Waals surface area (Å²) in [6.45, 7) is 8.69. The summed E-state index contributed by atoms with van der Waals surface area (Å²) in [4.78, 5) is 14.4. The maximum Gasteiger partial charge on any atom is 0.338 e. The van der Waals surface area contributed by atoms with Crippen LogP contribution in [0, 0.1) is 0 Å². The summed E-state index contributed by atoms with van der Waals surface area (Å²) in [6.07, 6.45) is 0. The first kappa shape index (κ1) is 15.3. The molecule has 0 aromatic heterocycles. The maximum atomic E-state index is 12.3. The van der Waals surface area contributed by atoms with Crippen LogP contribution in [0.1, 0.15) is 35.3 Å². The van der Waals surface area contributed by atoms with Crippen molar-refractivity contribution >= 4 is 11.7 Å². The van der Waals surface area contributed by atoms with Gasteiger partial charge in [0.15, 0.2) is 0 Å². The summed E-state index contributed by atoms with van der Waals surface area (Å²) in [7, 11) is 2.00. The minimum atomic E-state index is -0.299. The quantitative estimate of drug-likeness (QED) is 0.792. The van der Waals surface area contributed by atoms with Crippen LogP contribution in [-0.4, -0.2) is 13.0 Å². The minimum Gasteiger partial charge on any atom is -0.457 e. The molecule has 0 aliphatic carbocycles. The second-order valence-electron chi connectivity index (χ2n) is 6.42. The molecule has 3 rings (SSSR count). The number of benzene rings is 2. The predicted molar refractivity (Wildman–Crippen MR) is 92.6 cm³/mol. The first-order valence-electron chi connectivity index (χ1n) is 7.70. The van der Waals surface area contributed by atoms with Crippen LogP contribution < -0.4 is 4.90 Å². The number of ether oxygens (including phenoxy) is 1. The molecule has 1 heterocycles. The number of hydrogen-bond acceptors (Lipinski definition) is 3. The molecule has 0 unspecified atom stereocenters. The highest BCUT2D eigenvalue weighted by molar-refractivity contribution is 5.91. The Morgan fingerprint density at radius 1 is 1.17 bits per heavy atom. The molecule has 0 atom stereocenters. The molecule has 0 bridgehead atoms. The minimum absolute atomic E-state index is 0.181. The number of anilines is 1. The monoisotopic (exact) mass is 307 g/mol. The van der Waals surface area contributed by atoms with E-state index in [0.717, 1.165) is 22.5 Å². The van der Waals surface area contributed by atoms with Crippen molar-refractivity contribution in [2.75, 3.05) is 11.9 Å². The Morgan fingerprint density at radius 2 is 1.87 bits per heavy atom. The lowest BCUT2D eigenvalue weighted by Gasteiger charge is -2.22. The summed E-state index contributed by atoms with van der Waals surface area (Å²) >= 11 is 0. The highest BCUT2D eigenvalue weighted by Crippen LogP contribution is 2.46. The molecule has 3 heteroatoms. The van der Waals surface area contributed by atoms with Crippen molar-refractivity contribution in [3.8, 4) is 0 Å². The van der Waals surface area contributed by atoms with Gasteiger partial charge in [0, 0.05) is 23.8 Å². The van der Waals surface area contributed by atoms with Gasteiger partial charge in [0.2, 0.25) is 0 Å². The zero-order valence-electron chi connectivity index (χ0n) is 13.8. The predicted octanol–water partition coefficient (Wildman–Crippen LogP) is 4.28. The fraction of sp³-hybridized carbons (Fsp3) is 0.250. The molecule has 23 heavy (non-hydrogen) atoms. The van der Waals surface area contributed by atoms with Gasteiger partial charge in [0.05, 0.1) is 5.56 Å². The van der Waals surface area contributed by atoms with Gasteiger partial charge in [-0.3, -0.25) is 0 Å². The number of fused-ring (bicyclic) bond motifs is 1. The van der Waals surface area contributed by atoms with Crippen molar-refractivity contribution in [1.82, 2.24) is 0 Å². The smallest absolute Gasteiger partial charge is 0.338 e. The standard InChI is InChI=1S/C20H21NO2/c1-14-20(2,3)17-12-16(10-11-18(17)21(14)4)19(22)23-13-15-8-6-5-7-9-15/h5-12H,1,13H2,2-4H3. The Labute approximate surface area is 137 Å². The Hall–Kier alpha value is -2.55. The third kappa shape index (κ3) is 2.63. The van der Waals surface area contributed by atoms with Crippen molar-refractivity contribution < 1.29 is 9.53 Å². The lowest BCUT2D eigenvalue weighted by atomic mass is 9.84. The largest absolute Gasteiger partial charge is 0.457 e. The summed E-state index contributed by atoms with van der Waals surface area (Å²) in [5.41, 5.74) is 4.62. The van der Waals surface area contributed by atoms with Gasteiger partial charge in [-0.15, -0.1) is 0 Å². The number of rotatable bonds is 3. The molecule has 0 saturated carbocycles. The molecule has 0 N–H and O–H groups in total. The molecule has 2 aromatic rings. The van der Waals surface area contributed by atoms with Gasteiger partial charge in [-0.05, 0) is 29.3 Å². The van der Waals surface area contributed by atoms with Gasteiger partial charge < -0.3 is 9.64 Å². The van der Waals surface area contributed by atoms with E-state index in [-0.39, 0.29) is 18.0 Å². The van der Waals surface area contributed by atoms with Crippen molar-refractivity contribution in [2.24, 2.45) is 0 Å². The molecule has 0 spiro atoms. The summed E-state index contributed by atoms with van der Waals surface area (Å²) in [5, 5.41) is 0. The van der Waals surface area contributed by atoms with Crippen LogP contribution in [0.15, 0.2) is 60.8 Å². The molecule has 3 nitrogen and oxygen atoms in total. The molecular weight excluding hydrogens is 286 g/mol. The molecular formula is C20H21NO2. The van der Waals surface area contributed by atoms with E-state index < -0.39 is 0 Å². The van der Waals surface area contributed by atoms with Gasteiger partial charge >= 0.3 is 5.97 Å². The van der Waals surface area contributed by atoms with E-state index in [9.17, 15) is 4.79 Å². The molecule has 2 aromatic carbocycles. The lowest BCUT2D eigenvalue weighted by Crippen LogP contribution is -2.21. The molecule has 118 valence electrons. The van der Waals surface area contributed by atoms with Crippen molar-refractivity contribution in [1.29, 1.82) is 0 Å². The fourth-order valence-corrected chi connectivity index (χ4v) is 2.98.